The highest BCUT2D eigenvalue weighted by Gasteiger charge is 2.30. The smallest absolute Gasteiger partial charge is 0.339 e. The zero-order chi connectivity index (χ0) is 21.7. The minimum atomic E-state index is -4.39. The van der Waals surface area contributed by atoms with E-state index in [1.807, 2.05) is 61.5 Å². The molecule has 30 heavy (non-hydrogen) atoms. The monoisotopic (exact) mass is 412 g/mol. The third-order valence-electron chi connectivity index (χ3n) is 5.19. The molecule has 0 N–H and O–H groups in total. The maximum absolute atomic E-state index is 13.1. The van der Waals surface area contributed by atoms with Crippen LogP contribution in [-0.2, 0) is 12.6 Å². The number of hydrogen-bond acceptors (Lipinski definition) is 2. The minimum absolute atomic E-state index is 0.0951. The highest BCUT2D eigenvalue weighted by Crippen LogP contribution is 2.29. The quantitative estimate of drug-likeness (QED) is 0.508. The van der Waals surface area contributed by atoms with Crippen LogP contribution < -0.4 is 0 Å². The van der Waals surface area contributed by atoms with E-state index in [4.69, 9.17) is 0 Å². The van der Waals surface area contributed by atoms with Gasteiger partial charge in [0.05, 0.1) is 5.56 Å². The van der Waals surface area contributed by atoms with Crippen molar-refractivity contribution in [3.8, 4) is 11.1 Å². The molecule has 0 bridgehead atoms. The molecule has 3 nitrogen and oxygen atoms in total. The predicted octanol–water partition coefficient (Wildman–Crippen LogP) is 5.86. The molecule has 1 atom stereocenters. The second kappa shape index (κ2) is 9.11. The van der Waals surface area contributed by atoms with Crippen molar-refractivity contribution in [1.29, 1.82) is 0 Å². The van der Waals surface area contributed by atoms with Gasteiger partial charge in [0, 0.05) is 30.5 Å². The molecule has 1 amide bonds. The molecule has 3 aromatic rings. The second-order valence-electron chi connectivity index (χ2n) is 7.25. The third kappa shape index (κ3) is 5.06. The number of benzene rings is 2. The number of alkyl halides is 3. The van der Waals surface area contributed by atoms with E-state index in [2.05, 4.69) is 4.98 Å². The summed E-state index contributed by atoms with van der Waals surface area (Å²) in [4.78, 5) is 18.7. The van der Waals surface area contributed by atoms with Gasteiger partial charge in [-0.1, -0.05) is 48.5 Å². The number of hydrogen-bond donors (Lipinski definition) is 0. The van der Waals surface area contributed by atoms with Gasteiger partial charge in [0.15, 0.2) is 0 Å². The molecule has 156 valence electrons. The number of amides is 1. The molecule has 0 aliphatic carbocycles. The van der Waals surface area contributed by atoms with Crippen LogP contribution in [0.4, 0.5) is 13.2 Å². The number of pyridine rings is 1. The normalized spacial score (nSPS) is 12.4. The highest BCUT2D eigenvalue weighted by atomic mass is 19.4. The maximum Gasteiger partial charge on any atom is 0.417 e. The Morgan fingerprint density at radius 1 is 1.00 bits per heavy atom. The van der Waals surface area contributed by atoms with Gasteiger partial charge in [0.1, 0.15) is 0 Å². The Kier molecular flexibility index (Phi) is 6.55. The Morgan fingerprint density at radius 2 is 1.67 bits per heavy atom. The minimum Gasteiger partial charge on any atom is -0.339 e. The fourth-order valence-electron chi connectivity index (χ4n) is 3.22. The first-order valence-corrected chi connectivity index (χ1v) is 9.71. The summed E-state index contributed by atoms with van der Waals surface area (Å²) in [7, 11) is 1.74. The summed E-state index contributed by atoms with van der Waals surface area (Å²) in [6.07, 6.45) is -2.46. The van der Waals surface area contributed by atoms with Crippen LogP contribution in [0.1, 0.15) is 35.0 Å². The van der Waals surface area contributed by atoms with Gasteiger partial charge in [0.25, 0.3) is 5.91 Å². The molecule has 0 aliphatic heterocycles. The van der Waals surface area contributed by atoms with Crippen LogP contribution >= 0.6 is 0 Å². The van der Waals surface area contributed by atoms with Crippen molar-refractivity contribution in [2.24, 2.45) is 0 Å². The zero-order valence-corrected chi connectivity index (χ0v) is 16.9. The first-order chi connectivity index (χ1) is 14.3. The van der Waals surface area contributed by atoms with Crippen molar-refractivity contribution < 1.29 is 18.0 Å². The van der Waals surface area contributed by atoms with Crippen molar-refractivity contribution in [3.05, 3.63) is 89.7 Å². The average molecular weight is 412 g/mol. The fourth-order valence-corrected chi connectivity index (χ4v) is 3.22. The molecule has 0 aliphatic rings. The Hall–Kier alpha value is -3.15. The van der Waals surface area contributed by atoms with Crippen LogP contribution in [-0.4, -0.2) is 28.9 Å². The van der Waals surface area contributed by atoms with E-state index in [9.17, 15) is 18.0 Å². The summed E-state index contributed by atoms with van der Waals surface area (Å²) in [6.45, 7) is 1.92. The summed E-state index contributed by atoms with van der Waals surface area (Å²) < 4.78 is 38.0. The van der Waals surface area contributed by atoms with Gasteiger partial charge >= 0.3 is 6.18 Å². The fraction of sp³-hybridized carbons (Fsp3) is 0.250. The molecule has 0 unspecified atom stereocenters. The van der Waals surface area contributed by atoms with Crippen molar-refractivity contribution in [1.82, 2.24) is 9.88 Å². The predicted molar refractivity (Wildman–Crippen MR) is 111 cm³/mol. The summed E-state index contributed by atoms with van der Waals surface area (Å²) in [5, 5.41) is 0. The molecule has 0 saturated heterocycles. The van der Waals surface area contributed by atoms with Gasteiger partial charge in [0.2, 0.25) is 0 Å². The molecule has 3 rings (SSSR count). The van der Waals surface area contributed by atoms with Gasteiger partial charge in [-0.15, -0.1) is 0 Å². The van der Waals surface area contributed by atoms with E-state index in [1.165, 1.54) is 6.07 Å². The number of carbonyl (C=O) groups is 1. The lowest BCUT2D eigenvalue weighted by Crippen LogP contribution is -2.35. The molecular weight excluding hydrogens is 389 g/mol. The lowest BCUT2D eigenvalue weighted by Gasteiger charge is -2.26. The van der Waals surface area contributed by atoms with E-state index in [1.54, 1.807) is 11.9 Å². The van der Waals surface area contributed by atoms with Gasteiger partial charge in [-0.3, -0.25) is 9.78 Å². The molecule has 0 spiro atoms. The van der Waals surface area contributed by atoms with Gasteiger partial charge in [-0.2, -0.15) is 13.2 Å². The van der Waals surface area contributed by atoms with Crippen LogP contribution in [0.25, 0.3) is 11.1 Å². The van der Waals surface area contributed by atoms with Crippen molar-refractivity contribution >= 4 is 5.91 Å². The Labute approximate surface area is 174 Å². The first-order valence-electron chi connectivity index (χ1n) is 9.71. The summed E-state index contributed by atoms with van der Waals surface area (Å²) in [5.74, 6) is -0.0951. The average Bonchev–Trinajstić information content (AvgIpc) is 2.76. The Morgan fingerprint density at radius 3 is 2.30 bits per heavy atom. The van der Waals surface area contributed by atoms with Gasteiger partial charge < -0.3 is 4.90 Å². The summed E-state index contributed by atoms with van der Waals surface area (Å²) in [6, 6.07) is 19.5. The molecular formula is C24H23F3N2O. The van der Waals surface area contributed by atoms with Crippen LogP contribution in [0, 0.1) is 0 Å². The molecule has 1 aromatic heterocycles. The topological polar surface area (TPSA) is 33.2 Å². The molecule has 1 heterocycles. The lowest BCUT2D eigenvalue weighted by molar-refractivity contribution is -0.137. The van der Waals surface area contributed by atoms with Crippen molar-refractivity contribution in [2.75, 3.05) is 7.05 Å². The number of aromatic nitrogens is 1. The number of aryl methyl sites for hydroxylation is 1. The van der Waals surface area contributed by atoms with Crippen LogP contribution in [0.3, 0.4) is 0 Å². The van der Waals surface area contributed by atoms with E-state index in [0.717, 1.165) is 23.4 Å². The largest absolute Gasteiger partial charge is 0.417 e. The van der Waals surface area contributed by atoms with Gasteiger partial charge in [-0.05, 0) is 49.1 Å². The number of halogens is 3. The standard InChI is InChI=1S/C24H23F3N2O/c1-17(12-14-20-15-13-19(16-28-20)24(25,26)27)29(2)23(30)22-11-7-6-10-21(22)18-8-4-3-5-9-18/h3-11,13,15-17H,12,14H2,1-2H3/t17-/m0/s1. The molecule has 0 fully saturated rings. The maximum atomic E-state index is 13.1. The van der Waals surface area contributed by atoms with Gasteiger partial charge in [-0.25, -0.2) is 0 Å². The molecule has 0 saturated carbocycles. The number of carbonyl (C=O) groups excluding carboxylic acids is 1. The molecule has 0 radical (unpaired) electrons. The van der Waals surface area contributed by atoms with Crippen LogP contribution in [0.2, 0.25) is 0 Å². The van der Waals surface area contributed by atoms with Crippen molar-refractivity contribution in [2.45, 2.75) is 32.0 Å². The Bertz CT molecular complexity index is 985. The Balaban J connectivity index is 1.68. The van der Waals surface area contributed by atoms with E-state index < -0.39 is 11.7 Å². The second-order valence-corrected chi connectivity index (χ2v) is 7.25. The summed E-state index contributed by atoms with van der Waals surface area (Å²) >= 11 is 0. The number of nitrogens with zero attached hydrogens (tertiary/aromatic N) is 2. The molecule has 2 aromatic carbocycles. The number of rotatable bonds is 6. The summed E-state index contributed by atoms with van der Waals surface area (Å²) in [5.41, 5.74) is 2.26. The first kappa shape index (κ1) is 21.6. The third-order valence-corrected chi connectivity index (χ3v) is 5.19. The van der Waals surface area contributed by atoms with E-state index in [-0.39, 0.29) is 11.9 Å². The SMILES string of the molecule is C[C@@H](CCc1ccc(C(F)(F)F)cn1)N(C)C(=O)c1ccccc1-c1ccccc1. The van der Waals surface area contributed by atoms with E-state index in [0.29, 0.717) is 24.1 Å². The van der Waals surface area contributed by atoms with Crippen LogP contribution in [0.15, 0.2) is 72.9 Å². The molecule has 6 heteroatoms. The lowest BCUT2D eigenvalue weighted by atomic mass is 9.98. The zero-order valence-electron chi connectivity index (χ0n) is 16.9. The van der Waals surface area contributed by atoms with Crippen molar-refractivity contribution in [3.63, 3.8) is 0 Å². The van der Waals surface area contributed by atoms with E-state index >= 15 is 0 Å². The highest BCUT2D eigenvalue weighted by molar-refractivity contribution is 6.00. The van der Waals surface area contributed by atoms with Crippen LogP contribution in [0.5, 0.6) is 0 Å².